The number of nitrogens with zero attached hydrogens (tertiary/aromatic N) is 2. The van der Waals surface area contributed by atoms with Gasteiger partial charge in [0.05, 0.1) is 10.6 Å². The Kier molecular flexibility index (Phi) is 7.57. The van der Waals surface area contributed by atoms with E-state index >= 15 is 0 Å². The maximum absolute atomic E-state index is 13.6. The fourth-order valence-corrected chi connectivity index (χ4v) is 5.98. The van der Waals surface area contributed by atoms with Crippen molar-refractivity contribution in [1.82, 2.24) is 4.90 Å². The Hall–Kier alpha value is -3.31. The van der Waals surface area contributed by atoms with Crippen molar-refractivity contribution in [3.8, 4) is 5.75 Å². The Balaban J connectivity index is 1.35. The number of carbonyl (C=O) groups is 1. The monoisotopic (exact) mass is 496 g/mol. The maximum atomic E-state index is 13.6. The van der Waals surface area contributed by atoms with Crippen LogP contribution in [-0.2, 0) is 11.4 Å². The predicted octanol–water partition coefficient (Wildman–Crippen LogP) is 7.76. The van der Waals surface area contributed by atoms with Crippen LogP contribution < -0.4 is 4.74 Å². The van der Waals surface area contributed by atoms with Crippen LogP contribution in [0.4, 0.5) is 5.69 Å². The second-order valence-corrected chi connectivity index (χ2v) is 10.7. The Morgan fingerprint density at radius 2 is 1.78 bits per heavy atom. The first kappa shape index (κ1) is 24.4. The van der Waals surface area contributed by atoms with Gasteiger partial charge in [-0.2, -0.15) is 0 Å². The average molecular weight is 497 g/mol. The van der Waals surface area contributed by atoms with Crippen LogP contribution in [0.3, 0.4) is 0 Å². The highest BCUT2D eigenvalue weighted by molar-refractivity contribution is 8.18. The van der Waals surface area contributed by atoms with Gasteiger partial charge in [-0.15, -0.1) is 0 Å². The van der Waals surface area contributed by atoms with E-state index in [1.807, 2.05) is 71.6 Å². The minimum atomic E-state index is 0.0632. The summed E-state index contributed by atoms with van der Waals surface area (Å²) in [5.74, 6) is 1.34. The van der Waals surface area contributed by atoms with Gasteiger partial charge in [0.2, 0.25) is 0 Å². The van der Waals surface area contributed by atoms with Gasteiger partial charge in [0.1, 0.15) is 12.4 Å². The third-order valence-corrected chi connectivity index (χ3v) is 7.86. The SMILES string of the molecule is Cc1cccc(COc2ccc(/C=C3\SC(=Nc4ccccc4)N([C@@H]4CCCC[C@H]4C)C3=O)cc2)c1. The Bertz CT molecular complexity index is 1270. The van der Waals surface area contributed by atoms with Gasteiger partial charge in [-0.05, 0) is 78.9 Å². The minimum absolute atomic E-state index is 0.0632. The molecule has 1 amide bonds. The van der Waals surface area contributed by atoms with Crippen LogP contribution in [-0.4, -0.2) is 22.0 Å². The number of aryl methyl sites for hydroxylation is 1. The largest absolute Gasteiger partial charge is 0.489 e. The number of rotatable bonds is 6. The lowest BCUT2D eigenvalue weighted by atomic mass is 9.85. The molecule has 3 aromatic carbocycles. The van der Waals surface area contributed by atoms with E-state index in [2.05, 4.69) is 32.0 Å². The molecule has 0 aromatic heterocycles. The van der Waals surface area contributed by atoms with Gasteiger partial charge in [0.25, 0.3) is 5.91 Å². The number of amidine groups is 1. The molecule has 1 aliphatic carbocycles. The number of amides is 1. The number of benzene rings is 3. The molecule has 0 bridgehead atoms. The lowest BCUT2D eigenvalue weighted by Crippen LogP contribution is -2.44. The maximum Gasteiger partial charge on any atom is 0.267 e. The first-order valence-corrected chi connectivity index (χ1v) is 13.5. The summed E-state index contributed by atoms with van der Waals surface area (Å²) in [4.78, 5) is 21.2. The molecule has 0 spiro atoms. The number of para-hydroxylation sites is 1. The Labute approximate surface area is 218 Å². The van der Waals surface area contributed by atoms with Crippen LogP contribution in [0, 0.1) is 12.8 Å². The molecule has 0 radical (unpaired) electrons. The van der Waals surface area contributed by atoms with Crippen molar-refractivity contribution in [1.29, 1.82) is 0 Å². The second kappa shape index (κ2) is 11.2. The van der Waals surface area contributed by atoms with E-state index in [4.69, 9.17) is 9.73 Å². The summed E-state index contributed by atoms with van der Waals surface area (Å²) in [6.07, 6.45) is 6.55. The molecular weight excluding hydrogens is 464 g/mol. The minimum Gasteiger partial charge on any atom is -0.489 e. The van der Waals surface area contributed by atoms with Crippen LogP contribution >= 0.6 is 11.8 Å². The number of ether oxygens (including phenoxy) is 1. The van der Waals surface area contributed by atoms with Crippen LogP contribution in [0.25, 0.3) is 6.08 Å². The molecule has 1 saturated carbocycles. The van der Waals surface area contributed by atoms with E-state index in [0.717, 1.165) is 51.9 Å². The van der Waals surface area contributed by atoms with Gasteiger partial charge in [-0.1, -0.05) is 79.9 Å². The molecule has 2 atom stereocenters. The lowest BCUT2D eigenvalue weighted by molar-refractivity contribution is -0.124. The zero-order valence-corrected chi connectivity index (χ0v) is 21.7. The van der Waals surface area contributed by atoms with Crippen molar-refractivity contribution in [3.05, 3.63) is 100 Å². The molecule has 0 unspecified atom stereocenters. The molecule has 2 fully saturated rings. The smallest absolute Gasteiger partial charge is 0.267 e. The van der Waals surface area contributed by atoms with Gasteiger partial charge in [-0.3, -0.25) is 9.69 Å². The van der Waals surface area contributed by atoms with E-state index < -0.39 is 0 Å². The van der Waals surface area contributed by atoms with Crippen molar-refractivity contribution in [2.24, 2.45) is 10.9 Å². The van der Waals surface area contributed by atoms with Gasteiger partial charge >= 0.3 is 0 Å². The molecule has 36 heavy (non-hydrogen) atoms. The molecule has 3 aromatic rings. The van der Waals surface area contributed by atoms with E-state index in [-0.39, 0.29) is 11.9 Å². The van der Waals surface area contributed by atoms with E-state index in [0.29, 0.717) is 12.5 Å². The van der Waals surface area contributed by atoms with E-state index in [1.54, 1.807) is 0 Å². The number of hydrogen-bond acceptors (Lipinski definition) is 4. The van der Waals surface area contributed by atoms with E-state index in [9.17, 15) is 4.79 Å². The molecule has 1 aliphatic heterocycles. The van der Waals surface area contributed by atoms with Crippen LogP contribution in [0.15, 0.2) is 88.8 Å². The van der Waals surface area contributed by atoms with Gasteiger partial charge in [-0.25, -0.2) is 4.99 Å². The predicted molar refractivity (Wildman–Crippen MR) is 149 cm³/mol. The van der Waals surface area contributed by atoms with Crippen molar-refractivity contribution in [3.63, 3.8) is 0 Å². The number of hydrogen-bond donors (Lipinski definition) is 0. The Morgan fingerprint density at radius 3 is 2.53 bits per heavy atom. The molecule has 5 rings (SSSR count). The summed E-state index contributed by atoms with van der Waals surface area (Å²) >= 11 is 1.48. The van der Waals surface area contributed by atoms with Crippen molar-refractivity contribution in [2.75, 3.05) is 0 Å². The van der Waals surface area contributed by atoms with Gasteiger partial charge < -0.3 is 4.74 Å². The molecular formula is C31H32N2O2S. The van der Waals surface area contributed by atoms with Crippen LogP contribution in [0.1, 0.15) is 49.3 Å². The summed E-state index contributed by atoms with van der Waals surface area (Å²) in [5.41, 5.74) is 4.23. The summed E-state index contributed by atoms with van der Waals surface area (Å²) < 4.78 is 5.96. The first-order chi connectivity index (χ1) is 17.6. The lowest BCUT2D eigenvalue weighted by Gasteiger charge is -2.35. The fourth-order valence-electron chi connectivity index (χ4n) is 4.93. The summed E-state index contributed by atoms with van der Waals surface area (Å²) in [5, 5.41) is 0.786. The molecule has 2 aliphatic rings. The molecule has 0 N–H and O–H groups in total. The van der Waals surface area contributed by atoms with Crippen LogP contribution in [0.2, 0.25) is 0 Å². The average Bonchev–Trinajstić information content (AvgIpc) is 3.18. The number of aliphatic imine (C=N–C) groups is 1. The third kappa shape index (κ3) is 5.73. The molecule has 184 valence electrons. The highest BCUT2D eigenvalue weighted by atomic mass is 32.2. The summed E-state index contributed by atoms with van der Waals surface area (Å²) in [6.45, 7) is 4.88. The third-order valence-electron chi connectivity index (χ3n) is 6.88. The fraction of sp³-hybridized carbons (Fsp3) is 0.290. The van der Waals surface area contributed by atoms with Crippen LogP contribution in [0.5, 0.6) is 5.75 Å². The van der Waals surface area contributed by atoms with Crippen molar-refractivity contribution >= 4 is 34.6 Å². The second-order valence-electron chi connectivity index (χ2n) is 9.69. The highest BCUT2D eigenvalue weighted by Gasteiger charge is 2.41. The Morgan fingerprint density at radius 1 is 1.00 bits per heavy atom. The quantitative estimate of drug-likeness (QED) is 0.328. The normalized spacial score (nSPS) is 22.4. The van der Waals surface area contributed by atoms with Crippen molar-refractivity contribution < 1.29 is 9.53 Å². The topological polar surface area (TPSA) is 41.9 Å². The highest BCUT2D eigenvalue weighted by Crippen LogP contribution is 2.40. The molecule has 4 nitrogen and oxygen atoms in total. The van der Waals surface area contributed by atoms with Gasteiger partial charge in [0.15, 0.2) is 5.17 Å². The standard InChI is InChI=1S/C31H32N2O2S/c1-22-9-8-11-25(19-22)21-35-27-17-15-24(16-18-27)20-29-30(34)33(28-14-7-6-10-23(28)2)31(36-29)32-26-12-4-3-5-13-26/h3-5,8-9,11-13,15-20,23,28H,6-7,10,14,21H2,1-2H3/b29-20-,32-31?/t23-,28-/m1/s1. The zero-order valence-electron chi connectivity index (χ0n) is 20.9. The van der Waals surface area contributed by atoms with Gasteiger partial charge in [0, 0.05) is 6.04 Å². The zero-order chi connectivity index (χ0) is 24.9. The molecule has 1 heterocycles. The van der Waals surface area contributed by atoms with Crippen molar-refractivity contribution in [2.45, 2.75) is 52.2 Å². The molecule has 1 saturated heterocycles. The number of carbonyl (C=O) groups excluding carboxylic acids is 1. The first-order valence-electron chi connectivity index (χ1n) is 12.7. The summed E-state index contributed by atoms with van der Waals surface area (Å²) in [7, 11) is 0. The molecule has 5 heteroatoms. The number of thioether (sulfide) groups is 1. The van der Waals surface area contributed by atoms with E-state index in [1.165, 1.54) is 23.7 Å². The summed E-state index contributed by atoms with van der Waals surface area (Å²) in [6, 6.07) is 26.4.